The van der Waals surface area contributed by atoms with E-state index in [1.54, 1.807) is 92.5 Å². The Bertz CT molecular complexity index is 7460. The molecule has 0 spiro atoms. The van der Waals surface area contributed by atoms with Gasteiger partial charge in [-0.25, -0.2) is 75.1 Å². The standard InChI is InChI=1S/C18H15N7O6S3.C14H13N9O4S.C12H9ClN7S.C9H10N8S.C9H13N7O3S2.C6H7N7S.4Na.O3S/c1-10-20-18(32-24-10)22-21-16-15(11-5-3-2-4-6-11)23-25(17(16)19)13-9-12(33-31-30-26)7-8-14(13)34(27,28)29;1-6-10(20-21-14-18-5-19-28-14)11(15)23(22-6)9-3-7(12(24)26-16)2-8(4-9)13(25)27-17;1-7-10(17-18-12-15-6-16-21-12)11(14)20(19-7)9-4-2-8(13)3-5-9;1-6-7(14-15-9-12-5-13-18-9)8(11)17(16-6)4-2-3-10;1-6-7(13-14-9-11-5-12-20-9)8(10)16(15-6)3-2-4-21(17,18)19;1-3-4(5(7)12-10-3)11-13-6-8-2-9-14-6;;;;;1-4(2)3/h2-9,26H,19H2,1H3,(H,27,28,29);2-5H,15-17H2,1H3;2,4-6H,14H2,1H3;5H,2,4,11H2,1H3;5H,2-4,10H2,1H3,(H,17,18,19);2H,1H3,(H3,7,10,12);;;;;/q;;-1;;;;4*+1;/p-3. The van der Waals surface area contributed by atoms with E-state index in [4.69, 9.17) is 75.7 Å². The molecule has 0 saturated carbocycles. The van der Waals surface area contributed by atoms with Crippen molar-refractivity contribution in [3.63, 3.8) is 0 Å². The number of azo groups is 6. The number of nitrogens with zero attached hydrogens (tertiary/aromatic N) is 36. The number of rotatable bonds is 28. The van der Waals surface area contributed by atoms with Crippen LogP contribution < -0.4 is 170 Å². The minimum absolute atomic E-state index is 0. The Morgan fingerprint density at radius 1 is 0.535 bits per heavy atom. The summed E-state index contributed by atoms with van der Waals surface area (Å²) in [5, 5.41) is 101. The summed E-state index contributed by atoms with van der Waals surface area (Å²) in [6, 6.07) is 26.5. The average molecular weight is 2220 g/mol. The van der Waals surface area contributed by atoms with Crippen LogP contribution in [-0.4, -0.2) is 172 Å². The first-order valence-electron chi connectivity index (χ1n) is 37.7. The van der Waals surface area contributed by atoms with Crippen LogP contribution in [0.5, 0.6) is 0 Å². The summed E-state index contributed by atoms with van der Waals surface area (Å²) in [5.74, 6) is 9.51. The van der Waals surface area contributed by atoms with Crippen LogP contribution in [0.4, 0.5) is 99.8 Å². The van der Waals surface area contributed by atoms with E-state index < -0.39 is 53.4 Å². The van der Waals surface area contributed by atoms with Gasteiger partial charge in [-0.15, -0.1) is 91.7 Å². The van der Waals surface area contributed by atoms with Gasteiger partial charge >= 0.3 is 141 Å². The second-order valence-electron chi connectivity index (χ2n) is 25.9. The van der Waals surface area contributed by atoms with Crippen LogP contribution >= 0.6 is 92.8 Å². The van der Waals surface area contributed by atoms with Gasteiger partial charge in [-0.05, 0) is 90.0 Å². The van der Waals surface area contributed by atoms with Crippen LogP contribution in [0.1, 0.15) is 67.9 Å². The average Bonchev–Trinajstić information content (AvgIpc) is 1.61. The van der Waals surface area contributed by atoms with Crippen LogP contribution in [0, 0.1) is 58.9 Å². The molecule has 0 aliphatic rings. The van der Waals surface area contributed by atoms with Gasteiger partial charge in [0.15, 0.2) is 45.9 Å². The van der Waals surface area contributed by atoms with Gasteiger partial charge in [0, 0.05) is 92.0 Å². The molecule has 728 valence electrons. The van der Waals surface area contributed by atoms with Crippen molar-refractivity contribution < 1.29 is 191 Å². The van der Waals surface area contributed by atoms with Gasteiger partial charge in [0.1, 0.15) is 76.4 Å². The number of anilines is 6. The van der Waals surface area contributed by atoms with Gasteiger partial charge in [0.25, 0.3) is 0 Å². The van der Waals surface area contributed by atoms with E-state index in [0.717, 1.165) is 91.3 Å². The van der Waals surface area contributed by atoms with E-state index >= 15 is 0 Å². The number of carbonyl (C=O) groups is 2. The molecule has 4 aromatic carbocycles. The molecule has 0 radical (unpaired) electrons. The predicted octanol–water partition coefficient (Wildman–Crippen LogP) is -1.08. The van der Waals surface area contributed by atoms with Gasteiger partial charge in [-0.1, -0.05) is 35.4 Å². The normalized spacial score (nSPS) is 11.0. The molecule has 12 heterocycles. The van der Waals surface area contributed by atoms with Crippen LogP contribution in [0.3, 0.4) is 0 Å². The zero-order valence-corrected chi connectivity index (χ0v) is 92.6. The maximum Gasteiger partial charge on any atom is 1.00 e. The number of hydrogen-bond donors (Lipinski definition) is 9. The number of nitriles is 1. The Balaban J connectivity index is 0.000000266. The fraction of sp³-hybridized carbons (Fsp3) is 0.162. The van der Waals surface area contributed by atoms with E-state index in [-0.39, 0.29) is 198 Å². The van der Waals surface area contributed by atoms with Crippen LogP contribution in [-0.2, 0) is 63.0 Å². The van der Waals surface area contributed by atoms with Crippen molar-refractivity contribution in [3.8, 4) is 34.4 Å². The molecule has 16 rings (SSSR count). The molecular weight excluding hydrogens is 2150 g/mol. The van der Waals surface area contributed by atoms with Gasteiger partial charge in [-0.2, -0.15) is 96.4 Å². The molecule has 144 heavy (non-hydrogen) atoms. The maximum absolute atomic E-state index is 11.9. The molecule has 12 aromatic heterocycles. The molecule has 61 nitrogen and oxygen atoms in total. The number of hydrogen-bond acceptors (Lipinski definition) is 62. The molecule has 0 aliphatic heterocycles. The SMILES string of the molecule is Cc1[nH]nc(N)c1N=Nc1ncns1.Cc1nn(-c2c[c-]c(Cl)cc2)c(N)c1N=Nc1ncns1.Cc1nn(-c2cc(C(=O)ON)cc(C(=O)ON)c2)c(N)c1N=Nc1ncns1.Cc1nn(CCC#N)c(N)c1N=Nc1ncns1.Cc1nn(CCCS(=O)(=O)[O-])c(N)c1N=Nc1ncns1.Cc1nsc(N=Nc2c(-c3ccccc3)nn(-c3cc(SOO[O-])ccc3S(=O)(=O)[O-])c2N)n1.O=S(=O)=O.[Na+].[Na+].[Na+].[Na+]. The van der Waals surface area contributed by atoms with Crippen LogP contribution in [0.15, 0.2) is 188 Å². The quantitative estimate of drug-likeness (QED) is 0.00535. The zero-order chi connectivity index (χ0) is 101. The molecule has 0 atom stereocenters. The molecular formula is C68H64ClN45Na4O16S10. The third-order valence-electron chi connectivity index (χ3n) is 16.6. The number of carbonyl (C=O) groups excluding carboxylic acids is 2. The number of aryl methyl sites for hydroxylation is 8. The fourth-order valence-electron chi connectivity index (χ4n) is 10.6. The number of nitrogens with one attached hydrogen (secondary N) is 1. The Morgan fingerprint density at radius 2 is 0.965 bits per heavy atom. The Labute approximate surface area is 934 Å². The molecule has 0 bridgehead atoms. The first-order valence-corrected chi connectivity index (χ1v) is 47.4. The maximum atomic E-state index is 11.9. The molecule has 76 heteroatoms. The van der Waals surface area contributed by atoms with Crippen molar-refractivity contribution in [2.75, 3.05) is 40.2 Å². The summed E-state index contributed by atoms with van der Waals surface area (Å²) in [5.41, 5.74) is 42.9. The molecule has 0 unspecified atom stereocenters. The van der Waals surface area contributed by atoms with E-state index in [2.05, 4.69) is 178 Å². The van der Waals surface area contributed by atoms with Crippen molar-refractivity contribution in [2.24, 2.45) is 73.2 Å². The topological polar surface area (TPSA) is 912 Å². The number of nitrogen functional groups attached to an aromatic ring is 6. The first kappa shape index (κ1) is 121. The van der Waals surface area contributed by atoms with Gasteiger partial charge in [-0.3, -0.25) is 14.8 Å². The number of nitrogens with two attached hydrogens (primary N) is 8. The minimum Gasteiger partial charge on any atom is -0.748 e. The van der Waals surface area contributed by atoms with E-state index in [1.165, 1.54) is 71.3 Å². The van der Waals surface area contributed by atoms with Crippen molar-refractivity contribution in [1.29, 1.82) is 5.26 Å². The number of aromatic nitrogens is 24. The summed E-state index contributed by atoms with van der Waals surface area (Å²) in [6.45, 7) is 11.1. The molecule has 17 N–H and O–H groups in total. The van der Waals surface area contributed by atoms with Crippen molar-refractivity contribution >= 4 is 235 Å². The van der Waals surface area contributed by atoms with Gasteiger partial charge < -0.3 is 58.4 Å². The second kappa shape index (κ2) is 59.0. The molecule has 0 aliphatic carbocycles. The molecule has 0 saturated heterocycles. The summed E-state index contributed by atoms with van der Waals surface area (Å²) in [7, 11) is -12.3. The minimum atomic E-state index is -4.94. The number of benzene rings is 4. The monoisotopic (exact) mass is 2210 g/mol. The van der Waals surface area contributed by atoms with Crippen molar-refractivity contribution in [2.45, 2.75) is 77.3 Å². The first-order chi connectivity index (χ1) is 66.9. The Kier molecular flexibility index (Phi) is 49.5. The molecule has 0 fully saturated rings. The summed E-state index contributed by atoms with van der Waals surface area (Å²) in [4.78, 5) is 55.2. The Morgan fingerprint density at radius 3 is 1.36 bits per heavy atom. The van der Waals surface area contributed by atoms with Crippen LogP contribution in [0.25, 0.3) is 28.3 Å². The van der Waals surface area contributed by atoms with Gasteiger partial charge in [0.2, 0.25) is 30.8 Å². The van der Waals surface area contributed by atoms with Crippen molar-refractivity contribution in [3.05, 3.63) is 173 Å². The van der Waals surface area contributed by atoms with Crippen molar-refractivity contribution in [1.82, 2.24) is 115 Å². The smallest absolute Gasteiger partial charge is 0.748 e. The van der Waals surface area contributed by atoms with E-state index in [1.807, 2.05) is 13.0 Å². The number of H-pyrrole nitrogens is 1. The predicted molar refractivity (Wildman–Crippen MR) is 497 cm³/mol. The van der Waals surface area contributed by atoms with E-state index in [0.29, 0.717) is 130 Å². The second-order valence-corrected chi connectivity index (χ2v) is 34.9. The third-order valence-corrected chi connectivity index (χ3v) is 22.5. The Hall–Kier alpha value is -11.8. The summed E-state index contributed by atoms with van der Waals surface area (Å²) >= 11 is 13.0. The van der Waals surface area contributed by atoms with Crippen LogP contribution in [0.2, 0.25) is 5.02 Å². The summed E-state index contributed by atoms with van der Waals surface area (Å²) < 4.78 is 127. The van der Waals surface area contributed by atoms with E-state index in [9.17, 15) is 40.8 Å². The zero-order valence-electron chi connectivity index (χ0n) is 75.7. The van der Waals surface area contributed by atoms with Gasteiger partial charge in [0.05, 0.1) is 97.1 Å². The molecule has 16 aromatic rings. The number of aromatic amines is 1. The largest absolute Gasteiger partial charge is 1.00 e. The number of halogens is 1. The fourth-order valence-corrected chi connectivity index (χ4v) is 14.6. The molecule has 0 amide bonds. The summed E-state index contributed by atoms with van der Waals surface area (Å²) in [6.07, 6.45) is 7.43. The third kappa shape index (κ3) is 35.6.